The Bertz CT molecular complexity index is 764. The van der Waals surface area contributed by atoms with E-state index in [0.29, 0.717) is 6.54 Å². The maximum absolute atomic E-state index is 10.3. The Morgan fingerprint density at radius 1 is 0.875 bits per heavy atom. The van der Waals surface area contributed by atoms with Crippen molar-refractivity contribution in [2.75, 3.05) is 6.54 Å². The minimum atomic E-state index is -0.331. The van der Waals surface area contributed by atoms with E-state index in [1.165, 1.54) is 21.9 Å². The van der Waals surface area contributed by atoms with Gasteiger partial charge >= 0.3 is 0 Å². The molecule has 0 spiro atoms. The van der Waals surface area contributed by atoms with Crippen molar-refractivity contribution < 1.29 is 5.11 Å². The lowest BCUT2D eigenvalue weighted by molar-refractivity contribution is 0.158. The van der Waals surface area contributed by atoms with Crippen molar-refractivity contribution in [2.45, 2.75) is 31.9 Å². The second-order valence-corrected chi connectivity index (χ2v) is 6.38. The fraction of sp³-hybridized carbons (Fsp3) is 0.273. The van der Waals surface area contributed by atoms with Gasteiger partial charge in [0.2, 0.25) is 0 Å². The van der Waals surface area contributed by atoms with Crippen molar-refractivity contribution in [1.82, 2.24) is 5.32 Å². The highest BCUT2D eigenvalue weighted by atomic mass is 16.3. The highest BCUT2D eigenvalue weighted by Gasteiger charge is 2.11. The highest BCUT2D eigenvalue weighted by molar-refractivity contribution is 5.86. The van der Waals surface area contributed by atoms with Crippen LogP contribution in [-0.4, -0.2) is 17.8 Å². The summed E-state index contributed by atoms with van der Waals surface area (Å²) in [5, 5.41) is 16.3. The maximum Gasteiger partial charge on any atom is 0.0668 e. The molecule has 2 nitrogen and oxygen atoms in total. The van der Waals surface area contributed by atoms with Crippen LogP contribution < -0.4 is 5.32 Å². The normalized spacial score (nSPS) is 13.8. The van der Waals surface area contributed by atoms with Gasteiger partial charge in [0.15, 0.2) is 0 Å². The number of aliphatic hydroxyl groups is 1. The van der Waals surface area contributed by atoms with Gasteiger partial charge in [-0.15, -0.1) is 0 Å². The molecule has 0 aliphatic carbocycles. The van der Waals surface area contributed by atoms with Crippen molar-refractivity contribution >= 4 is 10.8 Å². The zero-order valence-corrected chi connectivity index (χ0v) is 14.2. The van der Waals surface area contributed by atoms with E-state index in [2.05, 4.69) is 66.8 Å². The third-order valence-electron chi connectivity index (χ3n) is 4.56. The predicted molar refractivity (Wildman–Crippen MR) is 101 cm³/mol. The van der Waals surface area contributed by atoms with E-state index in [1.54, 1.807) is 0 Å². The summed E-state index contributed by atoms with van der Waals surface area (Å²) in [6.45, 7) is 2.77. The van der Waals surface area contributed by atoms with E-state index >= 15 is 0 Å². The molecule has 3 aromatic carbocycles. The molecule has 3 rings (SSSR count). The SMILES string of the molecule is C[C@@H](NCC(O)CCc1ccccc1)c1cccc2ccccc12. The van der Waals surface area contributed by atoms with E-state index in [-0.39, 0.29) is 12.1 Å². The molecule has 3 aromatic rings. The first-order chi connectivity index (χ1) is 11.7. The van der Waals surface area contributed by atoms with Crippen molar-refractivity contribution in [2.24, 2.45) is 0 Å². The largest absolute Gasteiger partial charge is 0.392 e. The third kappa shape index (κ3) is 4.22. The van der Waals surface area contributed by atoms with Gasteiger partial charge in [0, 0.05) is 12.6 Å². The molecule has 0 bridgehead atoms. The minimum absolute atomic E-state index is 0.211. The molecule has 0 radical (unpaired) electrons. The summed E-state index contributed by atoms with van der Waals surface area (Å²) in [6, 6.07) is 25.4. The lowest BCUT2D eigenvalue weighted by atomic mass is 9.99. The molecular formula is C22H25NO. The molecule has 24 heavy (non-hydrogen) atoms. The molecule has 0 fully saturated rings. The van der Waals surface area contributed by atoms with E-state index in [0.717, 1.165) is 12.8 Å². The van der Waals surface area contributed by atoms with Gasteiger partial charge in [-0.2, -0.15) is 0 Å². The van der Waals surface area contributed by atoms with Gasteiger partial charge in [0.05, 0.1) is 6.10 Å². The van der Waals surface area contributed by atoms with Crippen LogP contribution in [0.4, 0.5) is 0 Å². The lowest BCUT2D eigenvalue weighted by Crippen LogP contribution is -2.29. The summed E-state index contributed by atoms with van der Waals surface area (Å²) in [7, 11) is 0. The monoisotopic (exact) mass is 319 g/mol. The third-order valence-corrected chi connectivity index (χ3v) is 4.56. The summed E-state index contributed by atoms with van der Waals surface area (Å²) in [5.74, 6) is 0. The Labute approximate surface area is 144 Å². The molecule has 0 aliphatic heterocycles. The predicted octanol–water partition coefficient (Wildman–Crippen LogP) is 4.48. The summed E-state index contributed by atoms with van der Waals surface area (Å²) >= 11 is 0. The number of rotatable bonds is 7. The second kappa shape index (κ2) is 8.09. The average molecular weight is 319 g/mol. The molecule has 0 saturated heterocycles. The minimum Gasteiger partial charge on any atom is -0.392 e. The lowest BCUT2D eigenvalue weighted by Gasteiger charge is -2.19. The Hall–Kier alpha value is -2.16. The molecule has 0 heterocycles. The summed E-state index contributed by atoms with van der Waals surface area (Å²) in [4.78, 5) is 0. The number of benzene rings is 3. The topological polar surface area (TPSA) is 32.3 Å². The summed E-state index contributed by atoms with van der Waals surface area (Å²) in [5.41, 5.74) is 2.56. The highest BCUT2D eigenvalue weighted by Crippen LogP contribution is 2.24. The van der Waals surface area contributed by atoms with Crippen LogP contribution >= 0.6 is 0 Å². The van der Waals surface area contributed by atoms with Crippen LogP contribution in [0.1, 0.15) is 30.5 Å². The van der Waals surface area contributed by atoms with Crippen LogP contribution in [0.25, 0.3) is 10.8 Å². The van der Waals surface area contributed by atoms with Gasteiger partial charge < -0.3 is 10.4 Å². The maximum atomic E-state index is 10.3. The van der Waals surface area contributed by atoms with Crippen LogP contribution in [0.5, 0.6) is 0 Å². The molecule has 2 N–H and O–H groups in total. The van der Waals surface area contributed by atoms with Crippen molar-refractivity contribution in [3.8, 4) is 0 Å². The van der Waals surface area contributed by atoms with Crippen LogP contribution in [0.2, 0.25) is 0 Å². The smallest absolute Gasteiger partial charge is 0.0668 e. The fourth-order valence-electron chi connectivity index (χ4n) is 3.13. The van der Waals surface area contributed by atoms with E-state index < -0.39 is 0 Å². The number of hydrogen-bond acceptors (Lipinski definition) is 2. The average Bonchev–Trinajstić information content (AvgIpc) is 2.64. The molecule has 0 amide bonds. The van der Waals surface area contributed by atoms with Crippen LogP contribution in [0, 0.1) is 0 Å². The zero-order valence-electron chi connectivity index (χ0n) is 14.2. The standard InChI is InChI=1S/C22H25NO/c1-17(21-13-7-11-19-10-5-6-12-22(19)21)23-16-20(24)15-14-18-8-3-2-4-9-18/h2-13,17,20,23-24H,14-16H2,1H3/t17-,20?/m1/s1. The Kier molecular flexibility index (Phi) is 5.63. The van der Waals surface area contributed by atoms with Crippen molar-refractivity contribution in [3.63, 3.8) is 0 Å². The molecule has 0 aliphatic rings. The number of fused-ring (bicyclic) bond motifs is 1. The van der Waals surface area contributed by atoms with Gasteiger partial charge in [-0.1, -0.05) is 72.8 Å². The summed E-state index contributed by atoms with van der Waals surface area (Å²) < 4.78 is 0. The number of hydrogen-bond donors (Lipinski definition) is 2. The molecule has 124 valence electrons. The fourth-order valence-corrected chi connectivity index (χ4v) is 3.13. The quantitative estimate of drug-likeness (QED) is 0.673. The Morgan fingerprint density at radius 2 is 1.58 bits per heavy atom. The van der Waals surface area contributed by atoms with E-state index in [1.807, 2.05) is 18.2 Å². The summed E-state index contributed by atoms with van der Waals surface area (Å²) in [6.07, 6.45) is 1.36. The van der Waals surface area contributed by atoms with Gasteiger partial charge in [0.1, 0.15) is 0 Å². The molecule has 2 atom stereocenters. The molecule has 0 aromatic heterocycles. The molecular weight excluding hydrogens is 294 g/mol. The van der Waals surface area contributed by atoms with E-state index in [4.69, 9.17) is 0 Å². The van der Waals surface area contributed by atoms with Crippen molar-refractivity contribution in [1.29, 1.82) is 0 Å². The molecule has 1 unspecified atom stereocenters. The number of aryl methyl sites for hydroxylation is 1. The van der Waals surface area contributed by atoms with E-state index in [9.17, 15) is 5.11 Å². The molecule has 2 heteroatoms. The van der Waals surface area contributed by atoms with Gasteiger partial charge in [-0.25, -0.2) is 0 Å². The van der Waals surface area contributed by atoms with Gasteiger partial charge in [-0.05, 0) is 41.7 Å². The Balaban J connectivity index is 1.55. The number of nitrogens with one attached hydrogen (secondary N) is 1. The zero-order chi connectivity index (χ0) is 16.8. The second-order valence-electron chi connectivity index (χ2n) is 6.38. The first kappa shape index (κ1) is 16.7. The van der Waals surface area contributed by atoms with Crippen LogP contribution in [-0.2, 0) is 6.42 Å². The van der Waals surface area contributed by atoms with Crippen LogP contribution in [0.3, 0.4) is 0 Å². The Morgan fingerprint density at radius 3 is 2.42 bits per heavy atom. The first-order valence-electron chi connectivity index (χ1n) is 8.67. The first-order valence-corrected chi connectivity index (χ1v) is 8.67. The van der Waals surface area contributed by atoms with Gasteiger partial charge in [0.25, 0.3) is 0 Å². The number of aliphatic hydroxyl groups excluding tert-OH is 1. The van der Waals surface area contributed by atoms with Crippen molar-refractivity contribution in [3.05, 3.63) is 83.9 Å². The molecule has 0 saturated carbocycles. The van der Waals surface area contributed by atoms with Crippen LogP contribution in [0.15, 0.2) is 72.8 Å². The van der Waals surface area contributed by atoms with Gasteiger partial charge in [-0.3, -0.25) is 0 Å².